The molecule has 0 bridgehead atoms. The molecule has 0 aliphatic heterocycles. The molecule has 0 aliphatic carbocycles. The number of hydrogen-bond acceptors (Lipinski definition) is 4. The van der Waals surface area contributed by atoms with E-state index >= 15 is 0 Å². The van der Waals surface area contributed by atoms with Crippen molar-refractivity contribution in [3.8, 4) is 0 Å². The second-order valence-corrected chi connectivity index (χ2v) is 3.25. The molecule has 6 heteroatoms. The summed E-state index contributed by atoms with van der Waals surface area (Å²) >= 11 is 4.99. The van der Waals surface area contributed by atoms with Crippen LogP contribution >= 0.6 is 11.6 Å². The Kier molecular flexibility index (Phi) is 3.26. The van der Waals surface area contributed by atoms with Gasteiger partial charge in [-0.2, -0.15) is 0 Å². The van der Waals surface area contributed by atoms with Crippen molar-refractivity contribution >= 4 is 17.0 Å². The van der Waals surface area contributed by atoms with Crippen LogP contribution in [0.1, 0.15) is 12.5 Å². The Morgan fingerprint density at radius 1 is 1.47 bits per heavy atom. The lowest BCUT2D eigenvalue weighted by molar-refractivity contribution is -0.625. The first-order chi connectivity index (χ1) is 6.97. The van der Waals surface area contributed by atoms with E-state index in [-0.39, 0.29) is 5.56 Å². The van der Waals surface area contributed by atoms with Crippen molar-refractivity contribution in [3.05, 3.63) is 46.0 Å². The van der Waals surface area contributed by atoms with E-state index in [1.807, 2.05) is 0 Å². The van der Waals surface area contributed by atoms with Crippen molar-refractivity contribution < 1.29 is 14.5 Å². The number of carbonyl (C=O) groups is 1. The van der Waals surface area contributed by atoms with Crippen molar-refractivity contribution in [3.63, 3.8) is 0 Å². The van der Waals surface area contributed by atoms with Gasteiger partial charge >= 0.3 is 11.2 Å². The van der Waals surface area contributed by atoms with Crippen LogP contribution in [0.3, 0.4) is 0 Å². The number of hydrogen-bond donors (Lipinski definition) is 0. The molecule has 0 saturated carbocycles. The fourth-order valence-corrected chi connectivity index (χ4v) is 1.26. The van der Waals surface area contributed by atoms with Crippen LogP contribution in [-0.4, -0.2) is 10.4 Å². The summed E-state index contributed by atoms with van der Waals surface area (Å²) in [5.41, 5.74) is -2.90. The highest BCUT2D eigenvalue weighted by molar-refractivity contribution is 6.61. The summed E-state index contributed by atoms with van der Waals surface area (Å²) in [6, 6.07) is 7.90. The number of ether oxygens (including phenoxy) is 1. The summed E-state index contributed by atoms with van der Waals surface area (Å²) in [5.74, 6) is 0. The third-order valence-electron chi connectivity index (χ3n) is 1.94. The normalized spacial score (nSPS) is 14.0. The van der Waals surface area contributed by atoms with Gasteiger partial charge in [-0.3, -0.25) is 10.1 Å². The standard InChI is InChI=1S/C9H8ClNO4/c1-9(11(13)14,15-8(10)12)7-5-3-2-4-6-7/h2-6H,1H3. The Balaban J connectivity index is 3.13. The van der Waals surface area contributed by atoms with Gasteiger partial charge in [0.25, 0.3) is 0 Å². The summed E-state index contributed by atoms with van der Waals surface area (Å²) in [4.78, 5) is 20.7. The van der Waals surface area contributed by atoms with Gasteiger partial charge in [0.1, 0.15) is 0 Å². The molecular weight excluding hydrogens is 222 g/mol. The van der Waals surface area contributed by atoms with Crippen molar-refractivity contribution in [2.75, 3.05) is 0 Å². The van der Waals surface area contributed by atoms with Crippen LogP contribution in [0.2, 0.25) is 0 Å². The molecule has 0 radical (unpaired) electrons. The van der Waals surface area contributed by atoms with Gasteiger partial charge in [0.05, 0.1) is 17.4 Å². The van der Waals surface area contributed by atoms with Gasteiger partial charge in [0, 0.05) is 11.6 Å². The Morgan fingerprint density at radius 3 is 2.40 bits per heavy atom. The van der Waals surface area contributed by atoms with Crippen LogP contribution in [0.15, 0.2) is 30.3 Å². The number of nitrogens with zero attached hydrogens (tertiary/aromatic N) is 1. The molecule has 80 valence electrons. The molecule has 0 spiro atoms. The molecule has 0 amide bonds. The highest BCUT2D eigenvalue weighted by atomic mass is 35.5. The summed E-state index contributed by atoms with van der Waals surface area (Å²) < 4.78 is 4.51. The molecule has 0 saturated heterocycles. The highest BCUT2D eigenvalue weighted by Crippen LogP contribution is 2.26. The monoisotopic (exact) mass is 229 g/mol. The van der Waals surface area contributed by atoms with E-state index in [2.05, 4.69) is 4.74 Å². The zero-order chi connectivity index (χ0) is 11.5. The van der Waals surface area contributed by atoms with E-state index in [4.69, 9.17) is 11.6 Å². The molecule has 0 aliphatic rings. The molecule has 0 heterocycles. The molecule has 1 aromatic carbocycles. The van der Waals surface area contributed by atoms with E-state index < -0.39 is 16.1 Å². The van der Waals surface area contributed by atoms with Crippen LogP contribution in [-0.2, 0) is 10.5 Å². The van der Waals surface area contributed by atoms with Crippen LogP contribution in [0.5, 0.6) is 0 Å². The van der Waals surface area contributed by atoms with Gasteiger partial charge in [0.15, 0.2) is 0 Å². The Morgan fingerprint density at radius 2 is 2.00 bits per heavy atom. The maximum atomic E-state index is 10.8. The third-order valence-corrected chi connectivity index (χ3v) is 2.01. The molecule has 1 rings (SSSR count). The highest BCUT2D eigenvalue weighted by Gasteiger charge is 2.43. The van der Waals surface area contributed by atoms with Crippen molar-refractivity contribution in [2.45, 2.75) is 12.6 Å². The first-order valence-corrected chi connectivity index (χ1v) is 4.43. The zero-order valence-corrected chi connectivity index (χ0v) is 8.60. The lowest BCUT2D eigenvalue weighted by atomic mass is 10.1. The fraction of sp³-hybridized carbons (Fsp3) is 0.222. The molecular formula is C9H8ClNO4. The van der Waals surface area contributed by atoms with Gasteiger partial charge < -0.3 is 4.74 Å². The van der Waals surface area contributed by atoms with Crippen molar-refractivity contribution in [1.82, 2.24) is 0 Å². The smallest absolute Gasteiger partial charge is 0.380 e. The Labute approximate surface area is 90.8 Å². The van der Waals surface area contributed by atoms with E-state index in [0.717, 1.165) is 0 Å². The molecule has 1 aromatic rings. The Hall–Kier alpha value is -1.62. The van der Waals surface area contributed by atoms with Crippen LogP contribution in [0.4, 0.5) is 4.79 Å². The van der Waals surface area contributed by atoms with Gasteiger partial charge in [-0.15, -0.1) is 0 Å². The summed E-state index contributed by atoms with van der Waals surface area (Å²) in [6.45, 7) is 1.17. The second kappa shape index (κ2) is 4.27. The lowest BCUT2D eigenvalue weighted by Gasteiger charge is -2.19. The summed E-state index contributed by atoms with van der Waals surface area (Å²) in [5, 5.41) is 10.8. The minimum Gasteiger partial charge on any atom is -0.380 e. The fourth-order valence-electron chi connectivity index (χ4n) is 1.11. The number of nitro groups is 1. The quantitative estimate of drug-likeness (QED) is 0.346. The molecule has 5 nitrogen and oxygen atoms in total. The molecule has 1 atom stereocenters. The number of halogens is 1. The van der Waals surface area contributed by atoms with E-state index in [9.17, 15) is 14.9 Å². The van der Waals surface area contributed by atoms with Gasteiger partial charge in [-0.25, -0.2) is 4.79 Å². The first-order valence-electron chi connectivity index (χ1n) is 4.05. The molecule has 0 aromatic heterocycles. The third kappa shape index (κ3) is 2.44. The number of benzene rings is 1. The molecule has 0 N–H and O–H groups in total. The average Bonchev–Trinajstić information content (AvgIpc) is 2.17. The molecule has 15 heavy (non-hydrogen) atoms. The lowest BCUT2D eigenvalue weighted by Crippen LogP contribution is -2.35. The number of carbonyl (C=O) groups excluding carboxylic acids is 1. The van der Waals surface area contributed by atoms with Crippen molar-refractivity contribution in [1.29, 1.82) is 0 Å². The topological polar surface area (TPSA) is 69.4 Å². The van der Waals surface area contributed by atoms with Gasteiger partial charge in [0.2, 0.25) is 0 Å². The second-order valence-electron chi connectivity index (χ2n) is 2.95. The maximum absolute atomic E-state index is 10.8. The van der Waals surface area contributed by atoms with Crippen LogP contribution < -0.4 is 0 Å². The first kappa shape index (κ1) is 11.5. The van der Waals surface area contributed by atoms with Crippen LogP contribution in [0, 0.1) is 10.1 Å². The van der Waals surface area contributed by atoms with Crippen LogP contribution in [0.25, 0.3) is 0 Å². The minimum absolute atomic E-state index is 0.254. The van der Waals surface area contributed by atoms with Gasteiger partial charge in [-0.1, -0.05) is 18.2 Å². The summed E-state index contributed by atoms with van der Waals surface area (Å²) in [7, 11) is 0. The molecule has 0 fully saturated rings. The SMILES string of the molecule is CC(OC(=O)Cl)(c1ccccc1)[N+](=O)[O-]. The van der Waals surface area contributed by atoms with E-state index in [1.165, 1.54) is 19.1 Å². The zero-order valence-electron chi connectivity index (χ0n) is 7.84. The average molecular weight is 230 g/mol. The van der Waals surface area contributed by atoms with E-state index in [0.29, 0.717) is 0 Å². The summed E-state index contributed by atoms with van der Waals surface area (Å²) in [6.07, 6.45) is 0. The Bertz CT molecular complexity index is 381. The largest absolute Gasteiger partial charge is 0.409 e. The van der Waals surface area contributed by atoms with E-state index in [1.54, 1.807) is 18.2 Å². The minimum atomic E-state index is -1.94. The maximum Gasteiger partial charge on any atom is 0.409 e. The van der Waals surface area contributed by atoms with Crippen molar-refractivity contribution in [2.24, 2.45) is 0 Å². The molecule has 1 unspecified atom stereocenters. The van der Waals surface area contributed by atoms with Gasteiger partial charge in [-0.05, 0) is 12.1 Å². The predicted molar refractivity (Wildman–Crippen MR) is 53.1 cm³/mol. The number of rotatable bonds is 3. The predicted octanol–water partition coefficient (Wildman–Crippen LogP) is 2.51.